The smallest absolute Gasteiger partial charge is 0.184 e. The predicted molar refractivity (Wildman–Crippen MR) is 106 cm³/mol. The summed E-state index contributed by atoms with van der Waals surface area (Å²) in [5.41, 5.74) is 9.46. The van der Waals surface area contributed by atoms with Crippen LogP contribution in [0.1, 0.15) is 18.1 Å². The first-order valence-electron chi connectivity index (χ1n) is 7.41. The quantitative estimate of drug-likeness (QED) is 0.417. The minimum atomic E-state index is 0.0982. The molecule has 2 aromatic carbocycles. The first-order chi connectivity index (χ1) is 12.0. The van der Waals surface area contributed by atoms with E-state index in [1.807, 2.05) is 25.1 Å². The summed E-state index contributed by atoms with van der Waals surface area (Å²) in [5.74, 6) is 1.21. The van der Waals surface area contributed by atoms with Gasteiger partial charge in [0, 0.05) is 15.6 Å². The minimum Gasteiger partial charge on any atom is -0.490 e. The van der Waals surface area contributed by atoms with E-state index < -0.39 is 0 Å². The minimum absolute atomic E-state index is 0.0982. The maximum Gasteiger partial charge on any atom is 0.184 e. The summed E-state index contributed by atoms with van der Waals surface area (Å²) < 4.78 is 11.5. The van der Waals surface area contributed by atoms with Crippen molar-refractivity contribution in [2.75, 3.05) is 6.61 Å². The number of hydrogen-bond acceptors (Lipinski definition) is 4. The number of hydrogen-bond donors (Lipinski definition) is 2. The van der Waals surface area contributed by atoms with Gasteiger partial charge in [0.05, 0.1) is 12.8 Å². The Morgan fingerprint density at radius 3 is 2.68 bits per heavy atom. The molecule has 0 aromatic heterocycles. The van der Waals surface area contributed by atoms with Crippen LogP contribution >= 0.6 is 35.4 Å². The third-order valence-corrected chi connectivity index (χ3v) is 3.73. The van der Waals surface area contributed by atoms with Crippen molar-refractivity contribution in [3.63, 3.8) is 0 Å². The van der Waals surface area contributed by atoms with Crippen LogP contribution < -0.4 is 20.6 Å². The topological polar surface area (TPSA) is 68.9 Å². The second-order valence-corrected chi connectivity index (χ2v) is 6.18. The van der Waals surface area contributed by atoms with E-state index in [1.54, 1.807) is 24.4 Å². The molecule has 0 radical (unpaired) electrons. The monoisotopic (exact) mass is 397 g/mol. The molecule has 0 unspecified atom stereocenters. The molecule has 132 valence electrons. The van der Waals surface area contributed by atoms with Gasteiger partial charge in [-0.2, -0.15) is 5.10 Å². The van der Waals surface area contributed by atoms with Gasteiger partial charge in [0.15, 0.2) is 16.6 Å². The number of benzene rings is 2. The molecule has 8 heteroatoms. The van der Waals surface area contributed by atoms with Crippen LogP contribution in [0, 0.1) is 0 Å². The van der Waals surface area contributed by atoms with E-state index in [2.05, 4.69) is 22.7 Å². The lowest BCUT2D eigenvalue weighted by molar-refractivity contribution is 0.269. The number of rotatable bonds is 7. The summed E-state index contributed by atoms with van der Waals surface area (Å²) in [6, 6.07) is 10.7. The van der Waals surface area contributed by atoms with Gasteiger partial charge in [-0.05, 0) is 55.0 Å². The van der Waals surface area contributed by atoms with Gasteiger partial charge in [-0.15, -0.1) is 0 Å². The van der Waals surface area contributed by atoms with Crippen LogP contribution in [-0.4, -0.2) is 17.9 Å². The van der Waals surface area contributed by atoms with Gasteiger partial charge in [0.2, 0.25) is 0 Å². The summed E-state index contributed by atoms with van der Waals surface area (Å²) in [5, 5.41) is 5.15. The van der Waals surface area contributed by atoms with Crippen molar-refractivity contribution < 1.29 is 9.47 Å². The highest BCUT2D eigenvalue weighted by atomic mass is 35.5. The third-order valence-electron chi connectivity index (χ3n) is 3.05. The number of ether oxygens (including phenoxy) is 2. The fraction of sp³-hybridized carbons (Fsp3) is 0.176. The highest BCUT2D eigenvalue weighted by molar-refractivity contribution is 7.80. The summed E-state index contributed by atoms with van der Waals surface area (Å²) in [6.45, 7) is 2.70. The van der Waals surface area contributed by atoms with Crippen LogP contribution in [-0.2, 0) is 6.61 Å². The predicted octanol–water partition coefficient (Wildman–Crippen LogP) is 4.14. The fourth-order valence-corrected chi connectivity index (χ4v) is 2.47. The molecule has 0 bridgehead atoms. The number of halogens is 2. The zero-order valence-electron chi connectivity index (χ0n) is 13.5. The first kappa shape index (κ1) is 19.3. The van der Waals surface area contributed by atoms with Crippen LogP contribution in [0.5, 0.6) is 11.5 Å². The van der Waals surface area contributed by atoms with Crippen molar-refractivity contribution in [2.45, 2.75) is 13.5 Å². The lowest BCUT2D eigenvalue weighted by Crippen LogP contribution is -2.23. The van der Waals surface area contributed by atoms with Crippen molar-refractivity contribution >= 4 is 46.7 Å². The molecule has 0 amide bonds. The number of thiocarbonyl (C=S) groups is 1. The molecule has 0 atom stereocenters. The molecular weight excluding hydrogens is 381 g/mol. The summed E-state index contributed by atoms with van der Waals surface area (Å²) >= 11 is 16.8. The Kier molecular flexibility index (Phi) is 7.31. The van der Waals surface area contributed by atoms with Gasteiger partial charge in [0.1, 0.15) is 6.61 Å². The van der Waals surface area contributed by atoms with E-state index in [1.165, 1.54) is 0 Å². The van der Waals surface area contributed by atoms with Crippen LogP contribution in [0.15, 0.2) is 41.5 Å². The fourth-order valence-electron chi connectivity index (χ4n) is 1.96. The second-order valence-electron chi connectivity index (χ2n) is 4.90. The number of nitrogens with two attached hydrogens (primary N) is 1. The lowest BCUT2D eigenvalue weighted by Gasteiger charge is -2.13. The van der Waals surface area contributed by atoms with Crippen molar-refractivity contribution in [2.24, 2.45) is 10.8 Å². The van der Waals surface area contributed by atoms with Crippen molar-refractivity contribution in [3.8, 4) is 11.5 Å². The molecule has 0 heterocycles. The van der Waals surface area contributed by atoms with Gasteiger partial charge in [0.25, 0.3) is 0 Å². The molecule has 2 aromatic rings. The largest absolute Gasteiger partial charge is 0.490 e. The van der Waals surface area contributed by atoms with E-state index in [9.17, 15) is 0 Å². The highest BCUT2D eigenvalue weighted by Gasteiger charge is 2.08. The Hall–Kier alpha value is -2.02. The molecule has 0 aliphatic carbocycles. The normalized spacial score (nSPS) is 10.7. The second kappa shape index (κ2) is 9.46. The van der Waals surface area contributed by atoms with Crippen molar-refractivity contribution in [3.05, 3.63) is 57.6 Å². The van der Waals surface area contributed by atoms with Gasteiger partial charge in [-0.3, -0.25) is 5.43 Å². The number of nitrogens with one attached hydrogen (secondary N) is 1. The van der Waals surface area contributed by atoms with Crippen LogP contribution in [0.2, 0.25) is 10.0 Å². The zero-order chi connectivity index (χ0) is 18.2. The van der Waals surface area contributed by atoms with E-state index in [-0.39, 0.29) is 5.11 Å². The maximum atomic E-state index is 6.16. The number of nitrogens with zero attached hydrogens (tertiary/aromatic N) is 1. The summed E-state index contributed by atoms with van der Waals surface area (Å²) in [7, 11) is 0. The van der Waals surface area contributed by atoms with Gasteiger partial charge in [-0.1, -0.05) is 29.3 Å². The van der Waals surface area contributed by atoms with Crippen molar-refractivity contribution in [1.29, 1.82) is 0 Å². The molecule has 5 nitrogen and oxygen atoms in total. The Bertz CT molecular complexity index is 784. The van der Waals surface area contributed by atoms with Crippen LogP contribution in [0.25, 0.3) is 0 Å². The molecule has 0 fully saturated rings. The average Bonchev–Trinajstić information content (AvgIpc) is 2.55. The SMILES string of the molecule is CCOc1cc(/C=N/NC(N)=S)ccc1OCc1ccc(Cl)cc1Cl. The Balaban J connectivity index is 2.13. The molecule has 2 rings (SSSR count). The molecule has 0 spiro atoms. The Morgan fingerprint density at radius 2 is 2.00 bits per heavy atom. The Labute approximate surface area is 161 Å². The van der Waals surface area contributed by atoms with Gasteiger partial charge >= 0.3 is 0 Å². The van der Waals surface area contributed by atoms with E-state index in [0.29, 0.717) is 34.8 Å². The van der Waals surface area contributed by atoms with E-state index >= 15 is 0 Å². The van der Waals surface area contributed by atoms with E-state index in [0.717, 1.165) is 11.1 Å². The third kappa shape index (κ3) is 6.08. The van der Waals surface area contributed by atoms with Crippen LogP contribution in [0.3, 0.4) is 0 Å². The highest BCUT2D eigenvalue weighted by Crippen LogP contribution is 2.30. The maximum absolute atomic E-state index is 6.16. The molecule has 0 aliphatic heterocycles. The van der Waals surface area contributed by atoms with Crippen molar-refractivity contribution in [1.82, 2.24) is 5.43 Å². The van der Waals surface area contributed by atoms with Crippen LogP contribution in [0.4, 0.5) is 0 Å². The first-order valence-corrected chi connectivity index (χ1v) is 8.58. The average molecular weight is 398 g/mol. The summed E-state index contributed by atoms with van der Waals surface area (Å²) in [4.78, 5) is 0. The standard InChI is InChI=1S/C17H17Cl2N3O2S/c1-2-23-16-7-11(9-21-22-17(20)25)3-6-15(16)24-10-12-4-5-13(18)8-14(12)19/h3-9H,2,10H2,1H3,(H3,20,22,25)/b21-9+. The lowest BCUT2D eigenvalue weighted by atomic mass is 10.2. The molecular formula is C17H17Cl2N3O2S. The van der Waals surface area contributed by atoms with Gasteiger partial charge < -0.3 is 15.2 Å². The molecule has 0 aliphatic rings. The molecule has 0 saturated heterocycles. The Morgan fingerprint density at radius 1 is 1.20 bits per heavy atom. The number of hydrazone groups is 1. The molecule has 25 heavy (non-hydrogen) atoms. The zero-order valence-corrected chi connectivity index (χ0v) is 15.8. The summed E-state index contributed by atoms with van der Waals surface area (Å²) in [6.07, 6.45) is 1.58. The van der Waals surface area contributed by atoms with E-state index in [4.69, 9.17) is 38.4 Å². The van der Waals surface area contributed by atoms with Gasteiger partial charge in [-0.25, -0.2) is 0 Å². The molecule has 0 saturated carbocycles. The molecule has 3 N–H and O–H groups in total.